The molecule has 0 spiro atoms. The molecule has 1 aliphatic carbocycles. The third-order valence-corrected chi connectivity index (χ3v) is 6.45. The number of aliphatic imine (C=N–C) groups is 1. The molecule has 7 nitrogen and oxygen atoms in total. The molecule has 0 radical (unpaired) electrons. The van der Waals surface area contributed by atoms with E-state index >= 15 is 4.39 Å². The summed E-state index contributed by atoms with van der Waals surface area (Å²) in [5.74, 6) is 1.05. The van der Waals surface area contributed by atoms with E-state index in [-0.39, 0.29) is 23.7 Å². The molecule has 1 saturated carbocycles. The molecular weight excluding hydrogens is 423 g/mol. The summed E-state index contributed by atoms with van der Waals surface area (Å²) in [6.07, 6.45) is 7.01. The number of nitrogens with zero attached hydrogens (tertiary/aromatic N) is 4. The van der Waals surface area contributed by atoms with Gasteiger partial charge in [0, 0.05) is 32.3 Å². The van der Waals surface area contributed by atoms with Crippen LogP contribution >= 0.6 is 0 Å². The zero-order valence-corrected chi connectivity index (χ0v) is 19.9. The fourth-order valence-corrected chi connectivity index (χ4v) is 4.41. The summed E-state index contributed by atoms with van der Waals surface area (Å²) < 4.78 is 26.5. The molecular formula is C25H33FN4O3. The Labute approximate surface area is 194 Å². The normalized spacial score (nSPS) is 18.0. The van der Waals surface area contributed by atoms with Crippen LogP contribution in [0.4, 0.5) is 9.18 Å². The van der Waals surface area contributed by atoms with E-state index in [0.717, 1.165) is 18.4 Å². The van der Waals surface area contributed by atoms with Gasteiger partial charge in [-0.1, -0.05) is 30.5 Å². The second kappa shape index (κ2) is 9.61. The molecule has 0 bridgehead atoms. The van der Waals surface area contributed by atoms with E-state index in [1.165, 1.54) is 6.42 Å². The number of hydrogen-bond acceptors (Lipinski definition) is 6. The van der Waals surface area contributed by atoms with E-state index in [2.05, 4.69) is 15.1 Å². The Morgan fingerprint density at radius 3 is 2.61 bits per heavy atom. The number of hydrogen-bond donors (Lipinski definition) is 0. The molecule has 33 heavy (non-hydrogen) atoms. The molecule has 1 amide bonds. The lowest BCUT2D eigenvalue weighted by molar-refractivity contribution is 0.0203. The summed E-state index contributed by atoms with van der Waals surface area (Å²) in [4.78, 5) is 22.6. The molecule has 0 N–H and O–H groups in total. The first-order valence-electron chi connectivity index (χ1n) is 11.8. The molecule has 2 fully saturated rings. The Morgan fingerprint density at radius 2 is 2.00 bits per heavy atom. The number of amides is 1. The number of carbonyl (C=O) groups excluding carboxylic acids is 1. The number of halogens is 1. The second-order valence-corrected chi connectivity index (χ2v) is 10.1. The van der Waals surface area contributed by atoms with Crippen molar-refractivity contribution in [3.05, 3.63) is 34.9 Å². The van der Waals surface area contributed by atoms with Crippen LogP contribution in [0.25, 0.3) is 11.5 Å². The Bertz CT molecular complexity index is 1020. The molecule has 0 unspecified atom stereocenters. The van der Waals surface area contributed by atoms with Gasteiger partial charge in [0.25, 0.3) is 5.89 Å². The van der Waals surface area contributed by atoms with E-state index in [9.17, 15) is 4.79 Å². The standard InChI is InChI=1S/C25H33FN4O3/c1-25(2,3)32-24(31)30-12-10-17(11-13-30)22-28-23(33-29-22)19-9-8-18(15-27-4)20(21(19)26)14-16-6-5-7-16/h8-9,15-17H,5-7,10-14H2,1-4H3. The number of carbonyl (C=O) groups is 1. The second-order valence-electron chi connectivity index (χ2n) is 10.1. The molecule has 0 atom stereocenters. The maximum Gasteiger partial charge on any atom is 0.410 e. The van der Waals surface area contributed by atoms with Crippen molar-refractivity contribution in [2.24, 2.45) is 10.9 Å². The lowest BCUT2D eigenvalue weighted by atomic mass is 9.79. The summed E-state index contributed by atoms with van der Waals surface area (Å²) in [5.41, 5.74) is 1.30. The predicted octanol–water partition coefficient (Wildman–Crippen LogP) is 5.38. The van der Waals surface area contributed by atoms with Crippen molar-refractivity contribution in [1.82, 2.24) is 15.0 Å². The van der Waals surface area contributed by atoms with Crippen LogP contribution in [0.5, 0.6) is 0 Å². The fraction of sp³-hybridized carbons (Fsp3) is 0.600. The first-order chi connectivity index (χ1) is 15.7. The van der Waals surface area contributed by atoms with Crippen molar-refractivity contribution < 1.29 is 18.4 Å². The van der Waals surface area contributed by atoms with Crippen molar-refractivity contribution >= 4 is 12.3 Å². The highest BCUT2D eigenvalue weighted by atomic mass is 19.1. The quantitative estimate of drug-likeness (QED) is 0.564. The molecule has 178 valence electrons. The summed E-state index contributed by atoms with van der Waals surface area (Å²) in [6.45, 7) is 6.70. The molecule has 1 aliphatic heterocycles. The number of likely N-dealkylation sites (tertiary alicyclic amines) is 1. The molecule has 8 heteroatoms. The van der Waals surface area contributed by atoms with Gasteiger partial charge < -0.3 is 14.2 Å². The largest absolute Gasteiger partial charge is 0.444 e. The zero-order chi connectivity index (χ0) is 23.6. The van der Waals surface area contributed by atoms with E-state index in [1.807, 2.05) is 26.8 Å². The highest BCUT2D eigenvalue weighted by molar-refractivity contribution is 5.83. The van der Waals surface area contributed by atoms with Crippen LogP contribution in [0, 0.1) is 11.7 Å². The van der Waals surface area contributed by atoms with E-state index in [0.29, 0.717) is 55.2 Å². The van der Waals surface area contributed by atoms with Gasteiger partial charge in [0.2, 0.25) is 0 Å². The zero-order valence-electron chi connectivity index (χ0n) is 19.9. The molecule has 1 saturated heterocycles. The monoisotopic (exact) mass is 456 g/mol. The molecule has 1 aromatic carbocycles. The van der Waals surface area contributed by atoms with Crippen molar-refractivity contribution in [3.8, 4) is 11.5 Å². The van der Waals surface area contributed by atoms with Crippen LogP contribution in [0.2, 0.25) is 0 Å². The Morgan fingerprint density at radius 1 is 1.27 bits per heavy atom. The molecule has 2 heterocycles. The van der Waals surface area contributed by atoms with Gasteiger partial charge in [-0.3, -0.25) is 4.99 Å². The summed E-state index contributed by atoms with van der Waals surface area (Å²) in [6, 6.07) is 3.57. The van der Waals surface area contributed by atoms with E-state index in [4.69, 9.17) is 9.26 Å². The minimum absolute atomic E-state index is 0.0604. The lowest BCUT2D eigenvalue weighted by Crippen LogP contribution is -2.41. The summed E-state index contributed by atoms with van der Waals surface area (Å²) >= 11 is 0. The van der Waals surface area contributed by atoms with Gasteiger partial charge in [0.05, 0.1) is 5.56 Å². The Balaban J connectivity index is 1.47. The average molecular weight is 457 g/mol. The van der Waals surface area contributed by atoms with Crippen LogP contribution < -0.4 is 0 Å². The molecule has 4 rings (SSSR count). The van der Waals surface area contributed by atoms with Gasteiger partial charge in [0.1, 0.15) is 11.4 Å². The van der Waals surface area contributed by atoms with E-state index < -0.39 is 5.60 Å². The third kappa shape index (κ3) is 5.42. The highest BCUT2D eigenvalue weighted by Gasteiger charge is 2.30. The smallest absolute Gasteiger partial charge is 0.410 e. The van der Waals surface area contributed by atoms with Crippen molar-refractivity contribution in [3.63, 3.8) is 0 Å². The van der Waals surface area contributed by atoms with Crippen molar-refractivity contribution in [2.75, 3.05) is 20.1 Å². The molecule has 1 aromatic heterocycles. The first-order valence-corrected chi connectivity index (χ1v) is 11.8. The minimum Gasteiger partial charge on any atom is -0.444 e. The number of ether oxygens (including phenoxy) is 1. The van der Waals surface area contributed by atoms with Crippen molar-refractivity contribution in [2.45, 2.75) is 70.8 Å². The first kappa shape index (κ1) is 23.4. The van der Waals surface area contributed by atoms with Crippen LogP contribution in [0.1, 0.15) is 75.7 Å². The number of aromatic nitrogens is 2. The summed E-state index contributed by atoms with van der Waals surface area (Å²) in [7, 11) is 1.69. The average Bonchev–Trinajstić information content (AvgIpc) is 3.21. The number of benzene rings is 1. The van der Waals surface area contributed by atoms with Gasteiger partial charge in [-0.2, -0.15) is 4.98 Å². The van der Waals surface area contributed by atoms with Gasteiger partial charge in [-0.25, -0.2) is 9.18 Å². The van der Waals surface area contributed by atoms with Crippen LogP contribution in [-0.4, -0.2) is 53.1 Å². The van der Waals surface area contributed by atoms with Gasteiger partial charge in [0.15, 0.2) is 5.82 Å². The Hall–Kier alpha value is -2.77. The van der Waals surface area contributed by atoms with E-state index in [1.54, 1.807) is 24.2 Å². The fourth-order valence-electron chi connectivity index (χ4n) is 4.41. The van der Waals surface area contributed by atoms with Crippen LogP contribution in [0.15, 0.2) is 21.6 Å². The maximum absolute atomic E-state index is 15.5. The van der Waals surface area contributed by atoms with Gasteiger partial charge in [-0.15, -0.1) is 0 Å². The minimum atomic E-state index is -0.517. The number of rotatable bonds is 5. The SMILES string of the molecule is CN=Cc1ccc(-c2nc(C3CCN(C(=O)OC(C)(C)C)CC3)no2)c(F)c1CC1CCC1. The van der Waals surface area contributed by atoms with Gasteiger partial charge >= 0.3 is 6.09 Å². The highest BCUT2D eigenvalue weighted by Crippen LogP contribution is 2.35. The molecule has 2 aromatic rings. The van der Waals surface area contributed by atoms with Crippen LogP contribution in [0.3, 0.4) is 0 Å². The number of piperidine rings is 1. The Kier molecular flexibility index (Phi) is 6.81. The topological polar surface area (TPSA) is 80.8 Å². The van der Waals surface area contributed by atoms with Crippen LogP contribution in [-0.2, 0) is 11.2 Å². The third-order valence-electron chi connectivity index (χ3n) is 6.45. The molecule has 2 aliphatic rings. The lowest BCUT2D eigenvalue weighted by Gasteiger charge is -2.32. The summed E-state index contributed by atoms with van der Waals surface area (Å²) in [5, 5.41) is 4.15. The maximum atomic E-state index is 15.5. The predicted molar refractivity (Wildman–Crippen MR) is 124 cm³/mol. The van der Waals surface area contributed by atoms with Gasteiger partial charge in [-0.05, 0) is 63.1 Å². The van der Waals surface area contributed by atoms with Crippen molar-refractivity contribution in [1.29, 1.82) is 0 Å².